The Bertz CT molecular complexity index is 445. The van der Waals surface area contributed by atoms with Crippen LogP contribution >= 0.6 is 15.9 Å². The fraction of sp³-hybridized carbons (Fsp3) is 0.800. The quantitative estimate of drug-likeness (QED) is 0.735. The van der Waals surface area contributed by atoms with Crippen molar-refractivity contribution in [2.75, 3.05) is 34.3 Å². The van der Waals surface area contributed by atoms with Crippen molar-refractivity contribution in [3.8, 4) is 0 Å². The third-order valence-corrected chi connectivity index (χ3v) is 4.61. The Morgan fingerprint density at radius 3 is 2.76 bits per heavy atom. The van der Waals surface area contributed by atoms with Crippen LogP contribution in [0, 0.1) is 5.92 Å². The molecule has 21 heavy (non-hydrogen) atoms. The molecule has 0 saturated heterocycles. The number of hydrogen-bond donors (Lipinski definition) is 1. The summed E-state index contributed by atoms with van der Waals surface area (Å²) < 4.78 is 8.98. The number of methoxy groups -OCH3 is 1. The van der Waals surface area contributed by atoms with Gasteiger partial charge in [-0.3, -0.25) is 4.68 Å². The average molecular weight is 359 g/mol. The Morgan fingerprint density at radius 2 is 2.24 bits per heavy atom. The highest BCUT2D eigenvalue weighted by Crippen LogP contribution is 2.41. The lowest BCUT2D eigenvalue weighted by molar-refractivity contribution is 0.0481. The summed E-state index contributed by atoms with van der Waals surface area (Å²) in [5, 5.41) is 8.13. The molecule has 1 aliphatic carbocycles. The summed E-state index contributed by atoms with van der Waals surface area (Å²) in [6, 6.07) is 0.187. The predicted molar refractivity (Wildman–Crippen MR) is 88.4 cm³/mol. The van der Waals surface area contributed by atoms with Crippen LogP contribution in [-0.4, -0.2) is 55.1 Å². The van der Waals surface area contributed by atoms with Gasteiger partial charge in [-0.1, -0.05) is 6.92 Å². The van der Waals surface area contributed by atoms with E-state index in [0.717, 1.165) is 24.1 Å². The molecule has 5 nitrogen and oxygen atoms in total. The summed E-state index contributed by atoms with van der Waals surface area (Å²) in [6.45, 7) is 4.92. The minimum Gasteiger partial charge on any atom is -0.379 e. The highest BCUT2D eigenvalue weighted by Gasteiger charge is 2.39. The van der Waals surface area contributed by atoms with Crippen molar-refractivity contribution >= 4 is 15.9 Å². The molecular weight excluding hydrogens is 332 g/mol. The van der Waals surface area contributed by atoms with Gasteiger partial charge in [-0.2, -0.15) is 5.10 Å². The number of ether oxygens (including phenoxy) is 1. The first-order valence-electron chi connectivity index (χ1n) is 7.70. The first-order chi connectivity index (χ1) is 10.1. The Labute approximate surface area is 136 Å². The lowest BCUT2D eigenvalue weighted by Gasteiger charge is -2.28. The highest BCUT2D eigenvalue weighted by molar-refractivity contribution is 9.10. The maximum atomic E-state index is 5.81. The minimum atomic E-state index is 0.187. The largest absolute Gasteiger partial charge is 0.379 e. The lowest BCUT2D eigenvalue weighted by Crippen LogP contribution is -2.37. The normalized spacial score (nSPS) is 18.2. The Hall–Kier alpha value is -0.430. The van der Waals surface area contributed by atoms with E-state index < -0.39 is 0 Å². The van der Waals surface area contributed by atoms with Gasteiger partial charge in [0.05, 0.1) is 35.1 Å². The van der Waals surface area contributed by atoms with Crippen molar-refractivity contribution in [3.63, 3.8) is 0 Å². The van der Waals surface area contributed by atoms with Crippen LogP contribution in [0.25, 0.3) is 0 Å². The van der Waals surface area contributed by atoms with E-state index in [1.54, 1.807) is 0 Å². The number of rotatable bonds is 9. The van der Waals surface area contributed by atoms with Crippen molar-refractivity contribution in [2.24, 2.45) is 5.92 Å². The topological polar surface area (TPSA) is 42.3 Å². The van der Waals surface area contributed by atoms with E-state index >= 15 is 0 Å². The van der Waals surface area contributed by atoms with Crippen LogP contribution in [0.4, 0.5) is 0 Å². The molecule has 2 atom stereocenters. The van der Waals surface area contributed by atoms with Crippen LogP contribution < -0.4 is 5.32 Å². The molecule has 6 heteroatoms. The van der Waals surface area contributed by atoms with Crippen molar-refractivity contribution in [1.82, 2.24) is 20.0 Å². The van der Waals surface area contributed by atoms with E-state index in [1.807, 2.05) is 13.3 Å². The van der Waals surface area contributed by atoms with Gasteiger partial charge in [-0.15, -0.1) is 0 Å². The van der Waals surface area contributed by atoms with Crippen LogP contribution in [0.15, 0.2) is 10.7 Å². The molecule has 120 valence electrons. The van der Waals surface area contributed by atoms with Gasteiger partial charge < -0.3 is 15.0 Å². The van der Waals surface area contributed by atoms with E-state index in [9.17, 15) is 0 Å². The monoisotopic (exact) mass is 358 g/mol. The van der Waals surface area contributed by atoms with Crippen LogP contribution in [0.1, 0.15) is 31.5 Å². The van der Waals surface area contributed by atoms with Crippen molar-refractivity contribution < 1.29 is 4.74 Å². The molecule has 1 fully saturated rings. The molecule has 1 heterocycles. The van der Waals surface area contributed by atoms with Gasteiger partial charge in [0, 0.05) is 13.7 Å². The molecule has 2 rings (SSSR count). The molecular formula is C15H27BrN4O. The second-order valence-corrected chi connectivity index (χ2v) is 6.83. The van der Waals surface area contributed by atoms with Gasteiger partial charge in [0.2, 0.25) is 0 Å². The summed E-state index contributed by atoms with van der Waals surface area (Å²) in [4.78, 5) is 2.18. The van der Waals surface area contributed by atoms with E-state index in [0.29, 0.717) is 5.92 Å². The van der Waals surface area contributed by atoms with Gasteiger partial charge in [-0.05, 0) is 55.3 Å². The van der Waals surface area contributed by atoms with Crippen LogP contribution in [0.2, 0.25) is 0 Å². The second-order valence-electron chi connectivity index (χ2n) is 5.98. The maximum Gasteiger partial charge on any atom is 0.0809 e. The fourth-order valence-corrected chi connectivity index (χ4v) is 3.31. The highest BCUT2D eigenvalue weighted by atomic mass is 79.9. The molecule has 1 aromatic rings. The zero-order chi connectivity index (χ0) is 15.4. The number of halogens is 1. The molecule has 0 amide bonds. The average Bonchev–Trinajstić information content (AvgIpc) is 3.20. The standard InChI is InChI=1S/C15H27BrN4O/c1-5-17-13(15(21-4)11-6-7-11)14-12(16)10-18-20(14)9-8-19(2)3/h10-11,13,15,17H,5-9H2,1-4H3. The van der Waals surface area contributed by atoms with Gasteiger partial charge in [0.25, 0.3) is 0 Å². The number of aromatic nitrogens is 2. The summed E-state index contributed by atoms with van der Waals surface area (Å²) in [5.41, 5.74) is 1.21. The maximum absolute atomic E-state index is 5.81. The molecule has 1 saturated carbocycles. The summed E-state index contributed by atoms with van der Waals surface area (Å²) in [6.07, 6.45) is 4.65. The van der Waals surface area contributed by atoms with E-state index in [4.69, 9.17) is 4.74 Å². The van der Waals surface area contributed by atoms with E-state index in [-0.39, 0.29) is 12.1 Å². The van der Waals surface area contributed by atoms with Gasteiger partial charge in [0.15, 0.2) is 0 Å². The number of hydrogen-bond acceptors (Lipinski definition) is 4. The van der Waals surface area contributed by atoms with Gasteiger partial charge in [-0.25, -0.2) is 0 Å². The summed E-state index contributed by atoms with van der Waals surface area (Å²) in [7, 11) is 5.99. The van der Waals surface area contributed by atoms with Crippen LogP contribution in [-0.2, 0) is 11.3 Å². The Morgan fingerprint density at radius 1 is 1.52 bits per heavy atom. The molecule has 0 radical (unpaired) electrons. The van der Waals surface area contributed by atoms with Crippen molar-refractivity contribution in [1.29, 1.82) is 0 Å². The molecule has 2 unspecified atom stereocenters. The van der Waals surface area contributed by atoms with Crippen LogP contribution in [0.3, 0.4) is 0 Å². The Kier molecular flexibility index (Phi) is 6.22. The number of nitrogens with zero attached hydrogens (tertiary/aromatic N) is 3. The third-order valence-electron chi connectivity index (χ3n) is 4.00. The molecule has 1 N–H and O–H groups in total. The molecule has 0 aliphatic heterocycles. The smallest absolute Gasteiger partial charge is 0.0809 e. The third kappa shape index (κ3) is 4.28. The summed E-state index contributed by atoms with van der Waals surface area (Å²) >= 11 is 3.67. The molecule has 0 spiro atoms. The van der Waals surface area contributed by atoms with Gasteiger partial charge in [0.1, 0.15) is 0 Å². The predicted octanol–water partition coefficient (Wildman–Crippen LogP) is 2.28. The van der Waals surface area contributed by atoms with Crippen molar-refractivity contribution in [2.45, 2.75) is 38.5 Å². The Balaban J connectivity index is 2.23. The minimum absolute atomic E-state index is 0.187. The van der Waals surface area contributed by atoms with Crippen molar-refractivity contribution in [3.05, 3.63) is 16.4 Å². The number of likely N-dealkylation sites (N-methyl/N-ethyl adjacent to an activating group) is 2. The van der Waals surface area contributed by atoms with Crippen LogP contribution in [0.5, 0.6) is 0 Å². The first kappa shape index (κ1) is 16.9. The first-order valence-corrected chi connectivity index (χ1v) is 8.49. The zero-order valence-electron chi connectivity index (χ0n) is 13.5. The fourth-order valence-electron chi connectivity index (χ4n) is 2.77. The van der Waals surface area contributed by atoms with Gasteiger partial charge >= 0.3 is 0 Å². The SMILES string of the molecule is CCNC(c1c(Br)cnn1CCN(C)C)C(OC)C1CC1. The molecule has 1 aromatic heterocycles. The number of nitrogens with one attached hydrogen (secondary N) is 1. The molecule has 1 aliphatic rings. The zero-order valence-corrected chi connectivity index (χ0v) is 15.1. The second kappa shape index (κ2) is 7.72. The molecule has 0 aromatic carbocycles. The lowest BCUT2D eigenvalue weighted by atomic mass is 10.0. The summed E-state index contributed by atoms with van der Waals surface area (Å²) in [5.74, 6) is 0.670. The molecule has 0 bridgehead atoms. The van der Waals surface area contributed by atoms with E-state index in [2.05, 4.69) is 56.9 Å². The van der Waals surface area contributed by atoms with E-state index in [1.165, 1.54) is 18.5 Å².